The van der Waals surface area contributed by atoms with E-state index in [-0.39, 0.29) is 12.5 Å². The van der Waals surface area contributed by atoms with Crippen molar-refractivity contribution in [1.29, 1.82) is 0 Å². The largest absolute Gasteiger partial charge is 0.456 e. The molecule has 0 aromatic carbocycles. The third-order valence-electron chi connectivity index (χ3n) is 2.79. The summed E-state index contributed by atoms with van der Waals surface area (Å²) >= 11 is 0. The van der Waals surface area contributed by atoms with E-state index in [1.54, 1.807) is 6.92 Å². The molecule has 5 nitrogen and oxygen atoms in total. The number of carbonyl (C=O) groups excluding carboxylic acids is 2. The van der Waals surface area contributed by atoms with Crippen LogP contribution < -0.4 is 10.6 Å². The maximum atomic E-state index is 12.9. The average molecular weight is 278 g/mol. The summed E-state index contributed by atoms with van der Waals surface area (Å²) in [7, 11) is 0. The normalized spacial score (nSPS) is 23.3. The van der Waals surface area contributed by atoms with Crippen LogP contribution in [0.15, 0.2) is 0 Å². The van der Waals surface area contributed by atoms with Crippen molar-refractivity contribution in [3.8, 4) is 0 Å². The number of hydrogen-bond donors (Lipinski definition) is 2. The van der Waals surface area contributed by atoms with E-state index >= 15 is 0 Å². The van der Waals surface area contributed by atoms with Gasteiger partial charge in [0.2, 0.25) is 5.91 Å². The van der Waals surface area contributed by atoms with Gasteiger partial charge in [0.25, 0.3) is 0 Å². The fourth-order valence-electron chi connectivity index (χ4n) is 1.62. The van der Waals surface area contributed by atoms with Gasteiger partial charge in [-0.1, -0.05) is 13.8 Å². The zero-order valence-corrected chi connectivity index (χ0v) is 11.3. The molecule has 1 heterocycles. The molecule has 19 heavy (non-hydrogen) atoms. The second-order valence-electron chi connectivity index (χ2n) is 5.20. The molecular weight excluding hydrogens is 258 g/mol. The second-order valence-corrected chi connectivity index (χ2v) is 5.20. The molecule has 0 aromatic heterocycles. The second kappa shape index (κ2) is 6.27. The molecule has 1 amide bonds. The van der Waals surface area contributed by atoms with Crippen molar-refractivity contribution in [2.24, 2.45) is 5.92 Å². The molecule has 1 saturated heterocycles. The smallest absolute Gasteiger partial charge is 0.377 e. The van der Waals surface area contributed by atoms with Gasteiger partial charge in [-0.25, -0.2) is 4.79 Å². The van der Waals surface area contributed by atoms with Crippen molar-refractivity contribution >= 4 is 11.9 Å². The van der Waals surface area contributed by atoms with E-state index < -0.39 is 30.5 Å². The molecule has 0 aliphatic carbocycles. The van der Waals surface area contributed by atoms with Gasteiger partial charge in [0.15, 0.2) is 0 Å². The Morgan fingerprint density at radius 1 is 1.47 bits per heavy atom. The number of carbonyl (C=O) groups is 2. The van der Waals surface area contributed by atoms with Crippen LogP contribution >= 0.6 is 0 Å². The van der Waals surface area contributed by atoms with Gasteiger partial charge < -0.3 is 15.4 Å². The summed E-state index contributed by atoms with van der Waals surface area (Å²) in [6.07, 6.45) is -1.53. The zero-order chi connectivity index (χ0) is 14.6. The highest BCUT2D eigenvalue weighted by atomic mass is 19.3. The van der Waals surface area contributed by atoms with E-state index in [0.717, 1.165) is 0 Å². The summed E-state index contributed by atoms with van der Waals surface area (Å²) in [4.78, 5) is 22.4. The molecule has 110 valence electrons. The highest BCUT2D eigenvalue weighted by Crippen LogP contribution is 2.30. The molecule has 1 aliphatic rings. The van der Waals surface area contributed by atoms with Crippen LogP contribution in [0.4, 0.5) is 8.78 Å². The van der Waals surface area contributed by atoms with Crippen molar-refractivity contribution in [3.05, 3.63) is 0 Å². The molecule has 0 saturated carbocycles. The molecule has 2 N–H and O–H groups in total. The van der Waals surface area contributed by atoms with Crippen LogP contribution in [0.3, 0.4) is 0 Å². The van der Waals surface area contributed by atoms with Crippen LogP contribution in [-0.4, -0.2) is 43.0 Å². The van der Waals surface area contributed by atoms with Crippen molar-refractivity contribution in [2.75, 3.05) is 13.1 Å². The maximum absolute atomic E-state index is 12.9. The number of nitrogens with one attached hydrogen (secondary N) is 2. The van der Waals surface area contributed by atoms with Gasteiger partial charge in [0, 0.05) is 13.1 Å². The summed E-state index contributed by atoms with van der Waals surface area (Å²) in [5, 5.41) is 5.51. The van der Waals surface area contributed by atoms with Gasteiger partial charge >= 0.3 is 11.9 Å². The highest BCUT2D eigenvalue weighted by molar-refractivity contribution is 5.81. The number of amides is 1. The van der Waals surface area contributed by atoms with E-state index in [1.807, 2.05) is 13.8 Å². The standard InChI is InChI=1S/C12H20F2N2O3/c1-7(2)5-16-10(17)8(3)15-6-9-4-12(13,14)11(18)19-9/h7-9,15H,4-6H2,1-3H3,(H,16,17). The minimum absolute atomic E-state index is 0.0393. The quantitative estimate of drug-likeness (QED) is 0.701. The van der Waals surface area contributed by atoms with Crippen LogP contribution in [0.25, 0.3) is 0 Å². The summed E-state index contributed by atoms with van der Waals surface area (Å²) in [5.41, 5.74) is 0. The molecule has 0 aromatic rings. The fourth-order valence-corrected chi connectivity index (χ4v) is 1.62. The Hall–Kier alpha value is -1.24. The Morgan fingerprint density at radius 2 is 2.11 bits per heavy atom. The Balaban J connectivity index is 2.29. The first-order valence-electron chi connectivity index (χ1n) is 6.32. The van der Waals surface area contributed by atoms with Gasteiger partial charge in [-0.15, -0.1) is 0 Å². The summed E-state index contributed by atoms with van der Waals surface area (Å²) in [5.74, 6) is -4.76. The van der Waals surface area contributed by atoms with Crippen LogP contribution in [-0.2, 0) is 14.3 Å². The maximum Gasteiger partial charge on any atom is 0.377 e. The topological polar surface area (TPSA) is 67.4 Å². The van der Waals surface area contributed by atoms with E-state index in [2.05, 4.69) is 15.4 Å². The molecule has 2 atom stereocenters. The predicted molar refractivity (Wildman–Crippen MR) is 64.8 cm³/mol. The van der Waals surface area contributed by atoms with Crippen LogP contribution in [0, 0.1) is 5.92 Å². The van der Waals surface area contributed by atoms with Gasteiger partial charge in [0.1, 0.15) is 6.10 Å². The minimum atomic E-state index is -3.41. The predicted octanol–water partition coefficient (Wildman–Crippen LogP) is 0.687. The van der Waals surface area contributed by atoms with E-state index in [4.69, 9.17) is 0 Å². The summed E-state index contributed by atoms with van der Waals surface area (Å²) in [6.45, 7) is 6.17. The molecule has 7 heteroatoms. The number of ether oxygens (including phenoxy) is 1. The van der Waals surface area contributed by atoms with Crippen molar-refractivity contribution in [2.45, 2.75) is 45.3 Å². The third-order valence-corrected chi connectivity index (χ3v) is 2.79. The van der Waals surface area contributed by atoms with Crippen molar-refractivity contribution < 1.29 is 23.1 Å². The summed E-state index contributed by atoms with van der Waals surface area (Å²) in [6, 6.07) is -0.522. The lowest BCUT2D eigenvalue weighted by molar-refractivity contribution is -0.159. The van der Waals surface area contributed by atoms with E-state index in [9.17, 15) is 18.4 Å². The lowest BCUT2D eigenvalue weighted by Gasteiger charge is -2.17. The number of halogens is 2. The molecule has 2 unspecified atom stereocenters. The minimum Gasteiger partial charge on any atom is -0.456 e. The van der Waals surface area contributed by atoms with Crippen molar-refractivity contribution in [3.63, 3.8) is 0 Å². The lowest BCUT2D eigenvalue weighted by Crippen LogP contribution is -2.45. The first-order valence-corrected chi connectivity index (χ1v) is 6.32. The van der Waals surface area contributed by atoms with Crippen LogP contribution in [0.2, 0.25) is 0 Å². The number of esters is 1. The lowest BCUT2D eigenvalue weighted by atomic mass is 10.2. The van der Waals surface area contributed by atoms with Gasteiger partial charge in [-0.3, -0.25) is 4.79 Å². The third kappa shape index (κ3) is 4.74. The number of cyclic esters (lactones) is 1. The molecule has 1 rings (SSSR count). The number of rotatable bonds is 6. The van der Waals surface area contributed by atoms with Gasteiger partial charge in [0.05, 0.1) is 12.5 Å². The average Bonchev–Trinajstić information content (AvgIpc) is 2.57. The Kier molecular flexibility index (Phi) is 5.22. The zero-order valence-electron chi connectivity index (χ0n) is 11.3. The number of hydrogen-bond acceptors (Lipinski definition) is 4. The van der Waals surface area contributed by atoms with Crippen LogP contribution in [0.5, 0.6) is 0 Å². The van der Waals surface area contributed by atoms with Crippen LogP contribution in [0.1, 0.15) is 27.2 Å². The first-order chi connectivity index (χ1) is 8.72. The molecule has 0 radical (unpaired) electrons. The molecule has 0 bridgehead atoms. The summed E-state index contributed by atoms with van der Waals surface area (Å²) < 4.78 is 30.3. The molecule has 0 spiro atoms. The van der Waals surface area contributed by atoms with Gasteiger partial charge in [-0.05, 0) is 12.8 Å². The molecule has 1 aliphatic heterocycles. The monoisotopic (exact) mass is 278 g/mol. The van der Waals surface area contributed by atoms with Crippen molar-refractivity contribution in [1.82, 2.24) is 10.6 Å². The Morgan fingerprint density at radius 3 is 2.58 bits per heavy atom. The number of alkyl halides is 2. The molecule has 1 fully saturated rings. The SMILES string of the molecule is CC(C)CNC(=O)C(C)NCC1CC(F)(F)C(=O)O1. The highest BCUT2D eigenvalue weighted by Gasteiger charge is 2.50. The first kappa shape index (κ1) is 15.8. The van der Waals surface area contributed by atoms with E-state index in [1.165, 1.54) is 0 Å². The molecular formula is C12H20F2N2O3. The Bertz CT molecular complexity index is 348. The fraction of sp³-hybridized carbons (Fsp3) is 0.833. The van der Waals surface area contributed by atoms with E-state index in [0.29, 0.717) is 12.5 Å². The van der Waals surface area contributed by atoms with Gasteiger partial charge in [-0.2, -0.15) is 8.78 Å². The Labute approximate surface area is 111 Å².